The van der Waals surface area contributed by atoms with Gasteiger partial charge in [0.05, 0.1) is 31.5 Å². The van der Waals surface area contributed by atoms with Crippen LogP contribution in [0.1, 0.15) is 33.2 Å². The lowest BCUT2D eigenvalue weighted by Gasteiger charge is -2.37. The van der Waals surface area contributed by atoms with E-state index in [1.807, 2.05) is 4.90 Å². The second kappa shape index (κ2) is 12.0. The predicted molar refractivity (Wildman–Crippen MR) is 156 cm³/mol. The highest BCUT2D eigenvalue weighted by molar-refractivity contribution is 6.31. The van der Waals surface area contributed by atoms with Gasteiger partial charge in [-0.25, -0.2) is 9.18 Å². The first-order valence-corrected chi connectivity index (χ1v) is 13.6. The van der Waals surface area contributed by atoms with Gasteiger partial charge in [0, 0.05) is 42.2 Å². The Hall–Kier alpha value is -4.37. The van der Waals surface area contributed by atoms with Crippen LogP contribution in [0.4, 0.5) is 10.1 Å². The van der Waals surface area contributed by atoms with Crippen LogP contribution in [0.15, 0.2) is 71.5 Å². The number of halogens is 2. The molecular weight excluding hydrogens is 549 g/mol. The van der Waals surface area contributed by atoms with Gasteiger partial charge in [-0.3, -0.25) is 9.59 Å². The van der Waals surface area contributed by atoms with Crippen LogP contribution < -0.4 is 15.2 Å². The van der Waals surface area contributed by atoms with Crippen molar-refractivity contribution in [1.82, 2.24) is 9.47 Å². The van der Waals surface area contributed by atoms with Crippen molar-refractivity contribution < 1.29 is 23.5 Å². The maximum Gasteiger partial charge on any atom is 0.345 e. The van der Waals surface area contributed by atoms with Gasteiger partial charge in [0.2, 0.25) is 0 Å². The number of hydrogen-bond donors (Lipinski definition) is 0. The maximum atomic E-state index is 14.0. The molecule has 212 valence electrons. The van der Waals surface area contributed by atoms with Crippen molar-refractivity contribution in [1.29, 1.82) is 0 Å². The fourth-order valence-corrected chi connectivity index (χ4v) is 5.28. The monoisotopic (exact) mass is 577 g/mol. The molecule has 0 spiro atoms. The smallest absolute Gasteiger partial charge is 0.345 e. The summed E-state index contributed by atoms with van der Waals surface area (Å²) in [6.07, 6.45) is 0. The van der Waals surface area contributed by atoms with Gasteiger partial charge in [-0.15, -0.1) is 0 Å². The molecule has 1 amide bonds. The van der Waals surface area contributed by atoms with E-state index in [2.05, 4.69) is 0 Å². The fraction of sp³-hybridized carbons (Fsp3) is 0.258. The lowest BCUT2D eigenvalue weighted by molar-refractivity contribution is 0.0523. The Bertz CT molecular complexity index is 1650. The molecule has 0 atom stereocenters. The van der Waals surface area contributed by atoms with E-state index in [1.54, 1.807) is 73.5 Å². The van der Waals surface area contributed by atoms with Gasteiger partial charge in [-0.05, 0) is 67.1 Å². The average molecular weight is 578 g/mol. The van der Waals surface area contributed by atoms with E-state index >= 15 is 0 Å². The third kappa shape index (κ3) is 5.76. The molecule has 0 saturated carbocycles. The number of pyridine rings is 1. The first-order valence-electron chi connectivity index (χ1n) is 13.3. The van der Waals surface area contributed by atoms with Crippen LogP contribution in [0.3, 0.4) is 0 Å². The molecule has 0 bridgehead atoms. The number of amides is 1. The van der Waals surface area contributed by atoms with Gasteiger partial charge >= 0.3 is 5.97 Å². The number of benzene rings is 3. The van der Waals surface area contributed by atoms with E-state index in [4.69, 9.17) is 21.1 Å². The lowest BCUT2D eigenvalue weighted by atomic mass is 10.0. The Labute approximate surface area is 241 Å². The van der Waals surface area contributed by atoms with Crippen molar-refractivity contribution in [2.45, 2.75) is 13.5 Å². The molecule has 1 fully saturated rings. The summed E-state index contributed by atoms with van der Waals surface area (Å²) in [5.41, 5.74) is 1.62. The van der Waals surface area contributed by atoms with Gasteiger partial charge < -0.3 is 23.8 Å². The molecule has 4 aromatic rings. The van der Waals surface area contributed by atoms with Crippen molar-refractivity contribution in [3.63, 3.8) is 0 Å². The van der Waals surface area contributed by atoms with Crippen LogP contribution in [-0.4, -0.2) is 61.2 Å². The third-order valence-corrected chi connectivity index (χ3v) is 7.39. The Kier molecular flexibility index (Phi) is 8.26. The van der Waals surface area contributed by atoms with Crippen LogP contribution in [0, 0.1) is 5.82 Å². The van der Waals surface area contributed by atoms with Gasteiger partial charge in [-0.2, -0.15) is 0 Å². The van der Waals surface area contributed by atoms with Gasteiger partial charge in [-0.1, -0.05) is 23.7 Å². The first kappa shape index (κ1) is 28.2. The van der Waals surface area contributed by atoms with Crippen molar-refractivity contribution in [2.24, 2.45) is 0 Å². The van der Waals surface area contributed by atoms with Gasteiger partial charge in [0.25, 0.3) is 11.5 Å². The summed E-state index contributed by atoms with van der Waals surface area (Å²) >= 11 is 6.42. The molecule has 0 radical (unpaired) electrons. The summed E-state index contributed by atoms with van der Waals surface area (Å²) in [6, 6.07) is 17.9. The van der Waals surface area contributed by atoms with Crippen molar-refractivity contribution in [3.05, 3.63) is 105 Å². The molecule has 1 aliphatic rings. The zero-order valence-electron chi connectivity index (χ0n) is 22.7. The van der Waals surface area contributed by atoms with Crippen LogP contribution in [0.2, 0.25) is 5.02 Å². The number of piperazine rings is 1. The highest BCUT2D eigenvalue weighted by Crippen LogP contribution is 2.33. The number of carbonyl (C=O) groups is 2. The second-order valence-electron chi connectivity index (χ2n) is 9.63. The molecular formula is C31H29ClFN3O5. The molecule has 3 aromatic carbocycles. The van der Waals surface area contributed by atoms with Crippen molar-refractivity contribution in [2.75, 3.05) is 44.8 Å². The molecule has 0 unspecified atom stereocenters. The number of methoxy groups -OCH3 is 1. The van der Waals surface area contributed by atoms with Crippen molar-refractivity contribution in [3.8, 4) is 5.75 Å². The number of rotatable bonds is 7. The number of aromatic nitrogens is 1. The van der Waals surface area contributed by atoms with Crippen LogP contribution in [-0.2, 0) is 11.3 Å². The quantitative estimate of drug-likeness (QED) is 0.288. The average Bonchev–Trinajstić information content (AvgIpc) is 2.99. The summed E-state index contributed by atoms with van der Waals surface area (Å²) in [7, 11) is 1.57. The van der Waals surface area contributed by atoms with Crippen LogP contribution >= 0.6 is 11.6 Å². The molecule has 0 aliphatic carbocycles. The number of anilines is 1. The molecule has 10 heteroatoms. The summed E-state index contributed by atoms with van der Waals surface area (Å²) in [4.78, 5) is 44.1. The number of nitrogens with zero attached hydrogens (tertiary/aromatic N) is 3. The van der Waals surface area contributed by atoms with E-state index < -0.39 is 11.5 Å². The first-order chi connectivity index (χ1) is 19.8. The third-order valence-electron chi connectivity index (χ3n) is 7.15. The highest BCUT2D eigenvalue weighted by Gasteiger charge is 2.30. The Balaban J connectivity index is 1.54. The maximum absolute atomic E-state index is 14.0. The van der Waals surface area contributed by atoms with Gasteiger partial charge in [0.15, 0.2) is 0 Å². The number of esters is 1. The lowest BCUT2D eigenvalue weighted by Crippen LogP contribution is -2.49. The highest BCUT2D eigenvalue weighted by atomic mass is 35.5. The summed E-state index contributed by atoms with van der Waals surface area (Å²) < 4.78 is 25.5. The zero-order valence-corrected chi connectivity index (χ0v) is 23.5. The van der Waals surface area contributed by atoms with E-state index in [1.165, 1.54) is 16.7 Å². The van der Waals surface area contributed by atoms with E-state index in [9.17, 15) is 18.8 Å². The minimum atomic E-state index is -0.737. The molecule has 2 heterocycles. The summed E-state index contributed by atoms with van der Waals surface area (Å²) in [5.74, 6) is -0.568. The van der Waals surface area contributed by atoms with E-state index in [0.29, 0.717) is 64.7 Å². The van der Waals surface area contributed by atoms with Crippen LogP contribution in [0.25, 0.3) is 10.9 Å². The molecule has 5 rings (SSSR count). The topological polar surface area (TPSA) is 81.1 Å². The normalized spacial score (nSPS) is 13.4. The molecule has 8 nitrogen and oxygen atoms in total. The largest absolute Gasteiger partial charge is 0.497 e. The fourth-order valence-electron chi connectivity index (χ4n) is 5.11. The zero-order chi connectivity index (χ0) is 29.1. The van der Waals surface area contributed by atoms with E-state index in [-0.39, 0.29) is 30.4 Å². The molecule has 1 aliphatic heterocycles. The Morgan fingerprint density at radius 3 is 2.27 bits per heavy atom. The summed E-state index contributed by atoms with van der Waals surface area (Å²) in [6.45, 7) is 3.42. The second-order valence-corrected chi connectivity index (χ2v) is 10.1. The molecule has 0 N–H and O–H groups in total. The molecule has 41 heavy (non-hydrogen) atoms. The summed E-state index contributed by atoms with van der Waals surface area (Å²) in [5, 5.41) is 1.05. The standard InChI is InChI=1S/C31H29ClFN3O5/c1-3-41-31(39)27-28(34-14-16-35(17-15-34)29(37)21-6-11-24(40-2)12-7-21)25-18-22(32)8-13-26(25)36(30(27)38)19-20-4-9-23(33)10-5-20/h4-13,18H,3,14-17,19H2,1-2H3. The Morgan fingerprint density at radius 2 is 1.63 bits per heavy atom. The van der Waals surface area contributed by atoms with Crippen molar-refractivity contribution >= 4 is 40.1 Å². The number of carbonyl (C=O) groups excluding carboxylic acids is 2. The minimum Gasteiger partial charge on any atom is -0.497 e. The number of fused-ring (bicyclic) bond motifs is 1. The number of hydrogen-bond acceptors (Lipinski definition) is 6. The van der Waals surface area contributed by atoms with E-state index in [0.717, 1.165) is 0 Å². The Morgan fingerprint density at radius 1 is 0.951 bits per heavy atom. The minimum absolute atomic E-state index is 0.0907. The SMILES string of the molecule is CCOC(=O)c1c(N2CCN(C(=O)c3ccc(OC)cc3)CC2)c2cc(Cl)ccc2n(Cc2ccc(F)cc2)c1=O. The number of ether oxygens (including phenoxy) is 2. The van der Waals surface area contributed by atoms with Crippen LogP contribution in [0.5, 0.6) is 5.75 Å². The van der Waals surface area contributed by atoms with Gasteiger partial charge in [0.1, 0.15) is 17.1 Å². The predicted octanol–water partition coefficient (Wildman–Crippen LogP) is 4.99. The molecule has 1 saturated heterocycles. The molecule has 1 aromatic heterocycles.